The molecule has 1 aromatic heterocycles. The van der Waals surface area contributed by atoms with Crippen molar-refractivity contribution in [1.29, 1.82) is 0 Å². The molecule has 0 unspecified atom stereocenters. The van der Waals surface area contributed by atoms with Crippen molar-refractivity contribution in [1.82, 2.24) is 0 Å². The third kappa shape index (κ3) is 2.43. The van der Waals surface area contributed by atoms with Gasteiger partial charge in [0.1, 0.15) is 0 Å². The molecule has 17 heavy (non-hydrogen) atoms. The van der Waals surface area contributed by atoms with Crippen molar-refractivity contribution in [3.63, 3.8) is 0 Å². The van der Waals surface area contributed by atoms with Crippen LogP contribution >= 0.6 is 0 Å². The van der Waals surface area contributed by atoms with Crippen LogP contribution in [0.3, 0.4) is 0 Å². The zero-order chi connectivity index (χ0) is 12.3. The van der Waals surface area contributed by atoms with Crippen molar-refractivity contribution in [3.8, 4) is 11.1 Å². The molecule has 4 heteroatoms. The summed E-state index contributed by atoms with van der Waals surface area (Å²) in [5.41, 5.74) is 8.35. The van der Waals surface area contributed by atoms with E-state index in [2.05, 4.69) is 0 Å². The zero-order valence-electron chi connectivity index (χ0n) is 9.47. The number of anilines is 1. The summed E-state index contributed by atoms with van der Waals surface area (Å²) >= 11 is 0.0489. The van der Waals surface area contributed by atoms with Crippen LogP contribution in [0.25, 0.3) is 11.1 Å². The van der Waals surface area contributed by atoms with Gasteiger partial charge >= 0.3 is 106 Å². The van der Waals surface area contributed by atoms with Crippen LogP contribution in [0.15, 0.2) is 35.3 Å². The van der Waals surface area contributed by atoms with E-state index in [1.807, 2.05) is 35.3 Å². The first kappa shape index (κ1) is 12.0. The van der Waals surface area contributed by atoms with Crippen LogP contribution in [0, 0.1) is 0 Å². The third-order valence-electron chi connectivity index (χ3n) is 2.38. The number of benzene rings is 1. The third-order valence-corrected chi connectivity index (χ3v) is 4.09. The van der Waals surface area contributed by atoms with E-state index in [9.17, 15) is 4.79 Å². The summed E-state index contributed by atoms with van der Waals surface area (Å²) in [5.74, 6) is -0.320. The molecule has 0 aliphatic heterocycles. The van der Waals surface area contributed by atoms with Crippen molar-refractivity contribution in [2.45, 2.75) is 6.92 Å². The molecular weight excluding hydrogens is 281 g/mol. The van der Waals surface area contributed by atoms with E-state index in [1.54, 1.807) is 6.92 Å². The minimum absolute atomic E-state index is 0.0489. The summed E-state index contributed by atoms with van der Waals surface area (Å²) in [6.45, 7) is 2.16. The van der Waals surface area contributed by atoms with Crippen LogP contribution in [0.1, 0.15) is 17.3 Å². The average molecular weight is 294 g/mol. The second kappa shape index (κ2) is 5.21. The fraction of sp³-hybridized carbons (Fsp3) is 0.154. The van der Waals surface area contributed by atoms with Gasteiger partial charge in [-0.25, -0.2) is 0 Å². The summed E-state index contributed by atoms with van der Waals surface area (Å²) in [6.07, 6.45) is 0. The van der Waals surface area contributed by atoms with Gasteiger partial charge in [0.05, 0.1) is 0 Å². The fourth-order valence-corrected chi connectivity index (χ4v) is 3.32. The number of esters is 1. The van der Waals surface area contributed by atoms with Gasteiger partial charge in [-0.15, -0.1) is 0 Å². The van der Waals surface area contributed by atoms with Gasteiger partial charge in [0.2, 0.25) is 0 Å². The average Bonchev–Trinajstić information content (AvgIpc) is 2.73. The number of nitrogen functional groups attached to an aromatic ring is 1. The minimum atomic E-state index is -0.320. The van der Waals surface area contributed by atoms with E-state index < -0.39 is 0 Å². The van der Waals surface area contributed by atoms with Crippen molar-refractivity contribution >= 4 is 25.0 Å². The molecule has 0 fully saturated rings. The SMILES string of the molecule is CCOC(=O)c1c(-c2ccccc2)c[se]c1N. The number of carbonyl (C=O) groups excluding carboxylic acids is 1. The zero-order valence-corrected chi connectivity index (χ0v) is 11.2. The predicted molar refractivity (Wildman–Crippen MR) is 69.2 cm³/mol. The maximum atomic E-state index is 11.8. The van der Waals surface area contributed by atoms with Gasteiger partial charge in [0.25, 0.3) is 0 Å². The Hall–Kier alpha value is -1.51. The van der Waals surface area contributed by atoms with Gasteiger partial charge in [-0.3, -0.25) is 0 Å². The number of rotatable bonds is 3. The van der Waals surface area contributed by atoms with Gasteiger partial charge in [0.15, 0.2) is 0 Å². The molecule has 2 rings (SSSR count). The van der Waals surface area contributed by atoms with E-state index in [-0.39, 0.29) is 20.5 Å². The topological polar surface area (TPSA) is 52.3 Å². The Morgan fingerprint density at radius 3 is 2.71 bits per heavy atom. The van der Waals surface area contributed by atoms with Gasteiger partial charge < -0.3 is 0 Å². The molecule has 1 heterocycles. The maximum absolute atomic E-state index is 11.8. The normalized spacial score (nSPS) is 10.2. The molecule has 3 nitrogen and oxygen atoms in total. The van der Waals surface area contributed by atoms with Gasteiger partial charge in [-0.2, -0.15) is 0 Å². The molecular formula is C13H13NO2Se. The Kier molecular flexibility index (Phi) is 3.67. The number of carbonyl (C=O) groups is 1. The fourth-order valence-electron chi connectivity index (χ4n) is 1.62. The second-order valence-electron chi connectivity index (χ2n) is 3.48. The van der Waals surface area contributed by atoms with Gasteiger partial charge in [0, 0.05) is 0 Å². The van der Waals surface area contributed by atoms with E-state index in [0.717, 1.165) is 11.1 Å². The summed E-state index contributed by atoms with van der Waals surface area (Å²) in [5, 5.41) is 0. The number of hydrogen-bond acceptors (Lipinski definition) is 3. The number of ether oxygens (including phenoxy) is 1. The van der Waals surface area contributed by atoms with Crippen LogP contribution < -0.4 is 5.73 Å². The molecule has 2 aromatic rings. The molecule has 0 bridgehead atoms. The summed E-state index contributed by atoms with van der Waals surface area (Å²) in [4.78, 5) is 13.9. The summed E-state index contributed by atoms with van der Waals surface area (Å²) in [7, 11) is 0. The quantitative estimate of drug-likeness (QED) is 0.697. The van der Waals surface area contributed by atoms with E-state index in [0.29, 0.717) is 16.7 Å². The van der Waals surface area contributed by atoms with Crippen molar-refractivity contribution in [2.75, 3.05) is 12.3 Å². The first-order valence-electron chi connectivity index (χ1n) is 5.33. The summed E-state index contributed by atoms with van der Waals surface area (Å²) in [6, 6.07) is 9.78. The first-order chi connectivity index (χ1) is 8.24. The number of hydrogen-bond donors (Lipinski definition) is 1. The molecule has 0 amide bonds. The molecule has 2 N–H and O–H groups in total. The van der Waals surface area contributed by atoms with Crippen molar-refractivity contribution in [3.05, 3.63) is 40.8 Å². The van der Waals surface area contributed by atoms with E-state index in [1.165, 1.54) is 0 Å². The van der Waals surface area contributed by atoms with Gasteiger partial charge in [-0.05, 0) is 0 Å². The second-order valence-corrected chi connectivity index (χ2v) is 5.39. The molecule has 1 aromatic carbocycles. The van der Waals surface area contributed by atoms with Crippen molar-refractivity contribution < 1.29 is 9.53 Å². The molecule has 0 radical (unpaired) electrons. The van der Waals surface area contributed by atoms with Crippen LogP contribution in [0.4, 0.5) is 4.56 Å². The Bertz CT molecular complexity index is 519. The molecule has 0 aliphatic rings. The van der Waals surface area contributed by atoms with Gasteiger partial charge in [-0.1, -0.05) is 0 Å². The Morgan fingerprint density at radius 2 is 2.06 bits per heavy atom. The molecule has 88 valence electrons. The van der Waals surface area contributed by atoms with Crippen LogP contribution in [0.2, 0.25) is 0 Å². The molecule has 0 atom stereocenters. The monoisotopic (exact) mass is 295 g/mol. The summed E-state index contributed by atoms with van der Waals surface area (Å²) < 4.78 is 5.69. The number of nitrogens with two attached hydrogens (primary N) is 1. The Morgan fingerprint density at radius 1 is 1.35 bits per heavy atom. The standard InChI is InChI=1S/C13H13NO2Se/c1-2-16-13(15)11-10(8-17-12(11)14)9-6-4-3-5-7-9/h3-8H,2,14H2,1H3. The Labute approximate surface area is 106 Å². The predicted octanol–water partition coefficient (Wildman–Crippen LogP) is 2.17. The molecule has 0 saturated heterocycles. The van der Waals surface area contributed by atoms with Crippen LogP contribution in [-0.4, -0.2) is 27.1 Å². The van der Waals surface area contributed by atoms with Crippen LogP contribution in [0.5, 0.6) is 0 Å². The molecule has 0 aliphatic carbocycles. The molecule has 0 spiro atoms. The van der Waals surface area contributed by atoms with Crippen LogP contribution in [-0.2, 0) is 4.74 Å². The van der Waals surface area contributed by atoms with E-state index >= 15 is 0 Å². The van der Waals surface area contributed by atoms with E-state index in [4.69, 9.17) is 10.5 Å². The molecule has 0 saturated carbocycles. The Balaban J connectivity index is 2.46. The first-order valence-corrected chi connectivity index (χ1v) is 7.18. The van der Waals surface area contributed by atoms with Crippen molar-refractivity contribution in [2.24, 2.45) is 0 Å².